The van der Waals surface area contributed by atoms with Gasteiger partial charge in [-0.15, -0.1) is 0 Å². The second kappa shape index (κ2) is 13.4. The maximum atomic E-state index is 13.3. The number of rotatable bonds is 7. The van der Waals surface area contributed by atoms with E-state index in [2.05, 4.69) is 52.0 Å². The van der Waals surface area contributed by atoms with Gasteiger partial charge < -0.3 is 10.7 Å². The molecule has 2 heterocycles. The molecule has 7 nitrogen and oxygen atoms in total. The molecule has 220 valence electrons. The Hall–Kier alpha value is -3.13. The first kappa shape index (κ1) is 31.8. The fourth-order valence-corrected chi connectivity index (χ4v) is 6.31. The van der Waals surface area contributed by atoms with Crippen LogP contribution in [-0.4, -0.2) is 54.8 Å². The average molecular weight is 628 g/mol. The molecule has 0 bridgehead atoms. The number of aromatic amines is 1. The lowest BCUT2D eigenvalue weighted by Crippen LogP contribution is -2.40. The van der Waals surface area contributed by atoms with Crippen molar-refractivity contribution in [1.82, 2.24) is 14.6 Å². The number of nitrogens with one attached hydrogen (secondary N) is 2. The molecule has 1 saturated carbocycles. The van der Waals surface area contributed by atoms with Crippen LogP contribution in [0.4, 0.5) is 4.39 Å². The molecule has 11 heteroatoms. The maximum absolute atomic E-state index is 13.3. The normalized spacial score (nSPS) is 18.2. The largest absolute Gasteiger partial charge is 0.400 e. The first-order chi connectivity index (χ1) is 20.1. The van der Waals surface area contributed by atoms with Gasteiger partial charge in [0.15, 0.2) is 6.29 Å². The summed E-state index contributed by atoms with van der Waals surface area (Å²) in [4.78, 5) is 20.3. The van der Waals surface area contributed by atoms with Crippen molar-refractivity contribution in [3.05, 3.63) is 92.1 Å². The average Bonchev–Trinajstić information content (AvgIpc) is 3.60. The van der Waals surface area contributed by atoms with Crippen molar-refractivity contribution in [1.29, 1.82) is 5.26 Å². The van der Waals surface area contributed by atoms with Crippen LogP contribution in [-0.2, 0) is 5.54 Å². The van der Waals surface area contributed by atoms with Crippen LogP contribution in [0.2, 0.25) is 10.0 Å². The van der Waals surface area contributed by atoms with Crippen LogP contribution in [0.3, 0.4) is 0 Å². The first-order valence-corrected chi connectivity index (χ1v) is 15.4. The Balaban J connectivity index is 0.000000208. The molecule has 1 aromatic heterocycles. The van der Waals surface area contributed by atoms with Crippen LogP contribution < -0.4 is 10.5 Å². The van der Waals surface area contributed by atoms with E-state index in [4.69, 9.17) is 34.2 Å². The highest BCUT2D eigenvalue weighted by Gasteiger charge is 2.44. The monoisotopic (exact) mass is 626 g/mol. The van der Waals surface area contributed by atoms with Crippen LogP contribution in [0.15, 0.2) is 58.9 Å². The standard InChI is InChI=1S/C19H27ClN4S.C12H6ClFN2O/c1-12-17(21)16(5-8-24(12)3)18(22-2)13-9-14(11-15(20)10-13)19(6-7-19)23-25-4;13-12-8(6-17)1-9(14)3-11(12)7-2-10(4-15)16-5-7/h9-12,23H,5-8,21H2,1-4H3;1-3,5-6,16H. The van der Waals surface area contributed by atoms with E-state index in [1.807, 2.05) is 19.2 Å². The van der Waals surface area contributed by atoms with E-state index >= 15 is 0 Å². The highest BCUT2D eigenvalue weighted by molar-refractivity contribution is 7.96. The molecular weight excluding hydrogens is 594 g/mol. The minimum Gasteiger partial charge on any atom is -0.400 e. The summed E-state index contributed by atoms with van der Waals surface area (Å²) in [5.41, 5.74) is 13.2. The number of carbonyl (C=O) groups is 1. The minimum absolute atomic E-state index is 0.0535. The van der Waals surface area contributed by atoms with Crippen LogP contribution in [0.5, 0.6) is 0 Å². The Labute approximate surface area is 260 Å². The van der Waals surface area contributed by atoms with E-state index in [0.717, 1.165) is 59.4 Å². The second-order valence-electron chi connectivity index (χ2n) is 10.4. The number of nitriles is 1. The zero-order chi connectivity index (χ0) is 30.6. The summed E-state index contributed by atoms with van der Waals surface area (Å²) in [6, 6.07) is 12.3. The highest BCUT2D eigenvalue weighted by Crippen LogP contribution is 2.47. The van der Waals surface area contributed by atoms with E-state index < -0.39 is 5.82 Å². The Morgan fingerprint density at radius 2 is 2.02 bits per heavy atom. The number of hydrogen-bond donors (Lipinski definition) is 3. The van der Waals surface area contributed by atoms with Crippen molar-refractivity contribution < 1.29 is 9.18 Å². The highest BCUT2D eigenvalue weighted by atomic mass is 35.5. The van der Waals surface area contributed by atoms with Gasteiger partial charge in [0.05, 0.1) is 16.3 Å². The molecule has 1 atom stereocenters. The van der Waals surface area contributed by atoms with Crippen molar-refractivity contribution in [2.24, 2.45) is 10.7 Å². The molecule has 0 radical (unpaired) electrons. The van der Waals surface area contributed by atoms with E-state index in [0.29, 0.717) is 23.1 Å². The summed E-state index contributed by atoms with van der Waals surface area (Å²) < 4.78 is 16.8. The lowest BCUT2D eigenvalue weighted by atomic mass is 9.90. The molecule has 0 saturated heterocycles. The lowest BCUT2D eigenvalue weighted by molar-refractivity contribution is 0.112. The number of H-pyrrole nitrogens is 1. The topological polar surface area (TPSA) is 110 Å². The number of carbonyl (C=O) groups excluding carboxylic acids is 1. The molecular formula is C31H33Cl2FN6OS. The number of nitrogens with zero attached hydrogens (tertiary/aromatic N) is 3. The SMILES string of the molecule is CN=C(C1=C(N)C(C)N(C)CC1)c1cc(Cl)cc(C2(NSC)CC2)c1.N#Cc1cc(-c2cc(F)cc(C=O)c2Cl)c[nH]1. The molecule has 3 aromatic rings. The maximum Gasteiger partial charge on any atom is 0.151 e. The summed E-state index contributed by atoms with van der Waals surface area (Å²) in [5.74, 6) is -0.550. The van der Waals surface area contributed by atoms with Crippen molar-refractivity contribution in [2.75, 3.05) is 26.9 Å². The molecule has 2 aromatic carbocycles. The predicted octanol–water partition coefficient (Wildman–Crippen LogP) is 6.71. The summed E-state index contributed by atoms with van der Waals surface area (Å²) in [6.07, 6.45) is 7.28. The molecule has 1 fully saturated rings. The zero-order valence-corrected chi connectivity index (χ0v) is 26.2. The van der Waals surface area contributed by atoms with Crippen molar-refractivity contribution in [3.8, 4) is 17.2 Å². The van der Waals surface area contributed by atoms with E-state index in [1.54, 1.807) is 11.9 Å². The van der Waals surface area contributed by atoms with E-state index in [9.17, 15) is 9.18 Å². The molecule has 42 heavy (non-hydrogen) atoms. The molecule has 4 N–H and O–H groups in total. The quantitative estimate of drug-likeness (QED) is 0.153. The zero-order valence-electron chi connectivity index (χ0n) is 23.9. The van der Waals surface area contributed by atoms with Crippen molar-refractivity contribution in [3.63, 3.8) is 0 Å². The molecule has 1 aliphatic heterocycles. The third-order valence-electron chi connectivity index (χ3n) is 7.76. The number of halogens is 3. The Bertz CT molecular complexity index is 1590. The Morgan fingerprint density at radius 3 is 2.62 bits per heavy atom. The molecule has 0 amide bonds. The second-order valence-corrected chi connectivity index (χ2v) is 11.8. The lowest BCUT2D eigenvalue weighted by Gasteiger charge is -2.33. The van der Waals surface area contributed by atoms with Crippen molar-refractivity contribution in [2.45, 2.75) is 37.8 Å². The Morgan fingerprint density at radius 1 is 1.29 bits per heavy atom. The summed E-state index contributed by atoms with van der Waals surface area (Å²) in [6.45, 7) is 3.13. The number of likely N-dealkylation sites (N-methyl/N-ethyl adjacent to an activating group) is 1. The van der Waals surface area contributed by atoms with Gasteiger partial charge in [0, 0.05) is 58.8 Å². The van der Waals surface area contributed by atoms with Crippen molar-refractivity contribution >= 4 is 47.1 Å². The number of aldehydes is 1. The van der Waals surface area contributed by atoms with Gasteiger partial charge in [-0.3, -0.25) is 19.4 Å². The van der Waals surface area contributed by atoms with Gasteiger partial charge in [-0.05, 0) is 87.0 Å². The third-order valence-corrected chi connectivity index (χ3v) is 9.00. The van der Waals surface area contributed by atoms with Gasteiger partial charge in [0.25, 0.3) is 0 Å². The number of aliphatic imine (C=N–C) groups is 1. The van der Waals surface area contributed by atoms with Gasteiger partial charge >= 0.3 is 0 Å². The number of nitrogens with two attached hydrogens (primary N) is 1. The number of hydrogen-bond acceptors (Lipinski definition) is 7. The fourth-order valence-electron chi connectivity index (χ4n) is 5.10. The smallest absolute Gasteiger partial charge is 0.151 e. The van der Waals surface area contributed by atoms with Gasteiger partial charge in [0.1, 0.15) is 17.6 Å². The van der Waals surface area contributed by atoms with Crippen LogP contribution in [0.25, 0.3) is 11.1 Å². The molecule has 0 spiro atoms. The molecule has 1 aliphatic carbocycles. The van der Waals surface area contributed by atoms with E-state index in [1.165, 1.54) is 23.9 Å². The number of benzene rings is 2. The van der Waals surface area contributed by atoms with Gasteiger partial charge in [-0.25, -0.2) is 4.39 Å². The summed E-state index contributed by atoms with van der Waals surface area (Å²) in [7, 11) is 3.95. The molecule has 1 unspecified atom stereocenters. The summed E-state index contributed by atoms with van der Waals surface area (Å²) in [5, 5.41) is 9.60. The molecule has 5 rings (SSSR count). The molecule has 2 aliphatic rings. The Kier molecular flexibility index (Phi) is 10.2. The summed E-state index contributed by atoms with van der Waals surface area (Å²) >= 11 is 14.1. The van der Waals surface area contributed by atoms with Gasteiger partial charge in [-0.2, -0.15) is 5.26 Å². The number of aromatic nitrogens is 1. The van der Waals surface area contributed by atoms with Gasteiger partial charge in [-0.1, -0.05) is 35.1 Å². The van der Waals surface area contributed by atoms with Crippen LogP contribution in [0.1, 0.15) is 53.4 Å². The van der Waals surface area contributed by atoms with Crippen LogP contribution in [0, 0.1) is 17.1 Å². The van der Waals surface area contributed by atoms with Gasteiger partial charge in [0.2, 0.25) is 0 Å². The first-order valence-electron chi connectivity index (χ1n) is 13.4. The minimum atomic E-state index is -0.550. The van der Waals surface area contributed by atoms with E-state index in [-0.39, 0.29) is 22.2 Å². The predicted molar refractivity (Wildman–Crippen MR) is 171 cm³/mol. The van der Waals surface area contributed by atoms with Crippen LogP contribution >= 0.6 is 35.1 Å². The fraction of sp³-hybridized carbons (Fsp3) is 0.323. The third kappa shape index (κ3) is 6.74.